The molecular weight excluding hydrogens is 284 g/mol. The number of aliphatic hydroxyl groups excluding tert-OH is 1. The lowest BCUT2D eigenvalue weighted by Gasteiger charge is -2.04. The van der Waals surface area contributed by atoms with Crippen molar-refractivity contribution in [3.8, 4) is 0 Å². The Bertz CT molecular complexity index is 517. The highest BCUT2D eigenvalue weighted by molar-refractivity contribution is 7.99. The summed E-state index contributed by atoms with van der Waals surface area (Å²) < 4.78 is 0. The standard InChI is InChI=1S/C16H22N2O2S/c1-12-17-14-7-6-13(10-15(14)18-12)16(20)11-21-9-5-3-2-4-8-19/h6-7,10,17-19H,1-5,8-9,11H2. The lowest BCUT2D eigenvalue weighted by atomic mass is 10.1. The Hall–Kier alpha value is -1.46. The monoisotopic (exact) mass is 306 g/mol. The average molecular weight is 306 g/mol. The number of carbonyl (C=O) groups excluding carboxylic acids is 1. The molecule has 0 aliphatic carbocycles. The van der Waals surface area contributed by atoms with Crippen molar-refractivity contribution in [2.24, 2.45) is 0 Å². The van der Waals surface area contributed by atoms with Gasteiger partial charge in [0.25, 0.3) is 0 Å². The van der Waals surface area contributed by atoms with Crippen LogP contribution in [-0.4, -0.2) is 29.0 Å². The number of aliphatic hydroxyl groups is 1. The first kappa shape index (κ1) is 15.9. The van der Waals surface area contributed by atoms with Crippen molar-refractivity contribution in [1.82, 2.24) is 0 Å². The van der Waals surface area contributed by atoms with Crippen LogP contribution in [0, 0.1) is 0 Å². The van der Waals surface area contributed by atoms with Gasteiger partial charge in [0, 0.05) is 12.2 Å². The van der Waals surface area contributed by atoms with Gasteiger partial charge in [-0.3, -0.25) is 4.79 Å². The molecule has 21 heavy (non-hydrogen) atoms. The van der Waals surface area contributed by atoms with Crippen LogP contribution in [0.5, 0.6) is 0 Å². The average Bonchev–Trinajstić information content (AvgIpc) is 2.85. The first-order chi connectivity index (χ1) is 10.2. The Morgan fingerprint density at radius 1 is 1.14 bits per heavy atom. The Morgan fingerprint density at radius 3 is 2.71 bits per heavy atom. The first-order valence-electron chi connectivity index (χ1n) is 7.29. The number of benzene rings is 1. The molecule has 0 fully saturated rings. The van der Waals surface area contributed by atoms with Crippen molar-refractivity contribution in [3.63, 3.8) is 0 Å². The van der Waals surface area contributed by atoms with Crippen LogP contribution >= 0.6 is 11.8 Å². The fraction of sp³-hybridized carbons (Fsp3) is 0.438. The molecule has 1 aromatic carbocycles. The normalized spacial score (nSPS) is 12.7. The Labute approximate surface area is 130 Å². The van der Waals surface area contributed by atoms with Crippen LogP contribution in [0.25, 0.3) is 0 Å². The number of hydrogen-bond acceptors (Lipinski definition) is 5. The number of Topliss-reactive ketones (excluding diaryl/α,β-unsaturated/α-hetero) is 1. The van der Waals surface area contributed by atoms with E-state index in [0.29, 0.717) is 5.75 Å². The number of hydrogen-bond donors (Lipinski definition) is 3. The van der Waals surface area contributed by atoms with E-state index in [2.05, 4.69) is 17.2 Å². The smallest absolute Gasteiger partial charge is 0.172 e. The van der Waals surface area contributed by atoms with Gasteiger partial charge >= 0.3 is 0 Å². The highest BCUT2D eigenvalue weighted by atomic mass is 32.2. The number of thioether (sulfide) groups is 1. The molecule has 3 N–H and O–H groups in total. The molecule has 0 radical (unpaired) electrons. The highest BCUT2D eigenvalue weighted by Crippen LogP contribution is 2.30. The van der Waals surface area contributed by atoms with Crippen molar-refractivity contribution in [2.75, 3.05) is 28.7 Å². The Morgan fingerprint density at radius 2 is 1.90 bits per heavy atom. The molecule has 0 unspecified atom stereocenters. The number of nitrogens with one attached hydrogen (secondary N) is 2. The van der Waals surface area contributed by atoms with Crippen LogP contribution < -0.4 is 10.6 Å². The van der Waals surface area contributed by atoms with Gasteiger partial charge < -0.3 is 15.7 Å². The van der Waals surface area contributed by atoms with E-state index in [1.54, 1.807) is 11.8 Å². The van der Waals surface area contributed by atoms with E-state index in [1.807, 2.05) is 18.2 Å². The third kappa shape index (κ3) is 4.79. The molecule has 5 heteroatoms. The number of unbranched alkanes of at least 4 members (excludes halogenated alkanes) is 3. The molecule has 0 aromatic heterocycles. The molecule has 2 rings (SSSR count). The Balaban J connectivity index is 1.72. The zero-order valence-electron chi connectivity index (χ0n) is 12.2. The summed E-state index contributed by atoms with van der Waals surface area (Å²) in [6.45, 7) is 4.08. The highest BCUT2D eigenvalue weighted by Gasteiger charge is 2.15. The predicted octanol–water partition coefficient (Wildman–Crippen LogP) is 3.46. The topological polar surface area (TPSA) is 61.4 Å². The summed E-state index contributed by atoms with van der Waals surface area (Å²) in [6, 6.07) is 5.65. The largest absolute Gasteiger partial charge is 0.396 e. The van der Waals surface area contributed by atoms with Crippen molar-refractivity contribution >= 4 is 28.9 Å². The van der Waals surface area contributed by atoms with Crippen molar-refractivity contribution in [3.05, 3.63) is 36.2 Å². The van der Waals surface area contributed by atoms with Crippen molar-refractivity contribution in [1.29, 1.82) is 0 Å². The quantitative estimate of drug-likeness (QED) is 0.482. The summed E-state index contributed by atoms with van der Waals surface area (Å²) in [6.07, 6.45) is 4.18. The second-order valence-corrected chi connectivity index (χ2v) is 6.21. The third-order valence-corrected chi connectivity index (χ3v) is 4.39. The van der Waals surface area contributed by atoms with E-state index in [9.17, 15) is 4.79 Å². The number of rotatable bonds is 9. The van der Waals surface area contributed by atoms with Gasteiger partial charge in [-0.15, -0.1) is 0 Å². The number of anilines is 2. The minimum absolute atomic E-state index is 0.164. The van der Waals surface area contributed by atoms with Crippen LogP contribution in [0.15, 0.2) is 30.6 Å². The molecule has 1 aromatic rings. The van der Waals surface area contributed by atoms with Crippen LogP contribution in [0.4, 0.5) is 11.4 Å². The minimum atomic E-state index is 0.164. The van der Waals surface area contributed by atoms with Gasteiger partial charge in [0.05, 0.1) is 17.1 Å². The van der Waals surface area contributed by atoms with Gasteiger partial charge in [0.1, 0.15) is 5.82 Å². The van der Waals surface area contributed by atoms with E-state index in [-0.39, 0.29) is 12.4 Å². The summed E-state index contributed by atoms with van der Waals surface area (Å²) in [4.78, 5) is 12.1. The molecule has 0 saturated heterocycles. The van der Waals surface area contributed by atoms with Crippen molar-refractivity contribution < 1.29 is 9.90 Å². The van der Waals surface area contributed by atoms with Crippen LogP contribution in [0.2, 0.25) is 0 Å². The molecule has 114 valence electrons. The van der Waals surface area contributed by atoms with Gasteiger partial charge in [0.2, 0.25) is 0 Å². The second kappa shape index (κ2) is 8.10. The molecule has 0 amide bonds. The molecule has 1 aliphatic rings. The number of ketones is 1. The SMILES string of the molecule is C=C1Nc2ccc(C(=O)CSCCCCCCO)cc2N1. The molecule has 0 bridgehead atoms. The maximum absolute atomic E-state index is 12.1. The fourth-order valence-electron chi connectivity index (χ4n) is 2.20. The van der Waals surface area contributed by atoms with Crippen LogP contribution in [0.1, 0.15) is 36.0 Å². The van der Waals surface area contributed by atoms with Crippen molar-refractivity contribution in [2.45, 2.75) is 25.7 Å². The minimum Gasteiger partial charge on any atom is -0.396 e. The van der Waals surface area contributed by atoms with E-state index >= 15 is 0 Å². The molecule has 4 nitrogen and oxygen atoms in total. The van der Waals surface area contributed by atoms with Crippen LogP contribution in [-0.2, 0) is 0 Å². The fourth-order valence-corrected chi connectivity index (χ4v) is 3.11. The van der Waals surface area contributed by atoms with E-state index < -0.39 is 0 Å². The molecule has 0 spiro atoms. The zero-order chi connectivity index (χ0) is 15.1. The van der Waals surface area contributed by atoms with Gasteiger partial charge in [0.15, 0.2) is 5.78 Å². The number of fused-ring (bicyclic) bond motifs is 1. The summed E-state index contributed by atoms with van der Waals surface area (Å²) in [5.74, 6) is 2.43. The lowest BCUT2D eigenvalue weighted by Crippen LogP contribution is -2.03. The lowest BCUT2D eigenvalue weighted by molar-refractivity contribution is 0.102. The zero-order valence-corrected chi connectivity index (χ0v) is 13.0. The maximum Gasteiger partial charge on any atom is 0.172 e. The van der Waals surface area contributed by atoms with Gasteiger partial charge in [-0.2, -0.15) is 11.8 Å². The summed E-state index contributed by atoms with van der Waals surface area (Å²) in [5.41, 5.74) is 2.62. The van der Waals surface area contributed by atoms with Crippen LogP contribution in [0.3, 0.4) is 0 Å². The van der Waals surface area contributed by atoms with Gasteiger partial charge in [-0.25, -0.2) is 0 Å². The molecular formula is C16H22N2O2S. The molecule has 1 heterocycles. The number of carbonyl (C=O) groups is 1. The second-order valence-electron chi connectivity index (χ2n) is 5.10. The molecule has 1 aliphatic heterocycles. The third-order valence-electron chi connectivity index (χ3n) is 3.34. The summed E-state index contributed by atoms with van der Waals surface area (Å²) in [5, 5.41) is 14.9. The molecule has 0 saturated carbocycles. The Kier molecular flexibility index (Phi) is 6.14. The van der Waals surface area contributed by atoms with Gasteiger partial charge in [-0.1, -0.05) is 19.4 Å². The van der Waals surface area contributed by atoms with E-state index in [1.165, 1.54) is 0 Å². The van der Waals surface area contributed by atoms with E-state index in [4.69, 9.17) is 5.11 Å². The first-order valence-corrected chi connectivity index (χ1v) is 8.45. The van der Waals surface area contributed by atoms with E-state index in [0.717, 1.165) is 54.2 Å². The van der Waals surface area contributed by atoms with Gasteiger partial charge in [-0.05, 0) is 36.8 Å². The predicted molar refractivity (Wildman–Crippen MR) is 90.0 cm³/mol. The summed E-state index contributed by atoms with van der Waals surface area (Å²) >= 11 is 1.68. The maximum atomic E-state index is 12.1. The molecule has 0 atom stereocenters. The summed E-state index contributed by atoms with van der Waals surface area (Å²) in [7, 11) is 0.